The van der Waals surface area contributed by atoms with Gasteiger partial charge in [-0.15, -0.1) is 0 Å². The third kappa shape index (κ3) is 1.87. The number of hydrogen-bond acceptors (Lipinski definition) is 3. The molecular formula is C17H17N3O. The van der Waals surface area contributed by atoms with Crippen LogP contribution in [0, 0.1) is 13.8 Å². The summed E-state index contributed by atoms with van der Waals surface area (Å²) in [5, 5.41) is 8.25. The minimum absolute atomic E-state index is 0.832. The van der Waals surface area contributed by atoms with Crippen molar-refractivity contribution in [2.75, 3.05) is 11.9 Å². The number of rotatable bonds is 2. The van der Waals surface area contributed by atoms with Gasteiger partial charge in [-0.3, -0.25) is 0 Å². The van der Waals surface area contributed by atoms with Crippen LogP contribution in [-0.4, -0.2) is 16.3 Å². The smallest absolute Gasteiger partial charge is 0.154 e. The lowest BCUT2D eigenvalue weighted by atomic mass is 10.1. The zero-order valence-electron chi connectivity index (χ0n) is 12.2. The summed E-state index contributed by atoms with van der Waals surface area (Å²) >= 11 is 0. The van der Waals surface area contributed by atoms with Crippen molar-refractivity contribution in [2.24, 2.45) is 0 Å². The molecule has 4 heteroatoms. The van der Waals surface area contributed by atoms with E-state index in [2.05, 4.69) is 37.4 Å². The van der Waals surface area contributed by atoms with Crippen molar-refractivity contribution in [3.63, 3.8) is 0 Å². The van der Waals surface area contributed by atoms with Gasteiger partial charge in [0.15, 0.2) is 5.76 Å². The van der Waals surface area contributed by atoms with Crippen LogP contribution in [0.15, 0.2) is 41.0 Å². The minimum atomic E-state index is 0.832. The first-order valence-corrected chi connectivity index (χ1v) is 7.21. The van der Waals surface area contributed by atoms with Gasteiger partial charge in [0.25, 0.3) is 0 Å². The van der Waals surface area contributed by atoms with E-state index < -0.39 is 0 Å². The van der Waals surface area contributed by atoms with Crippen molar-refractivity contribution in [3.05, 3.63) is 53.3 Å². The molecule has 21 heavy (non-hydrogen) atoms. The van der Waals surface area contributed by atoms with Crippen LogP contribution in [-0.2, 0) is 6.42 Å². The number of anilines is 1. The molecule has 0 saturated carbocycles. The Morgan fingerprint density at radius 2 is 2.14 bits per heavy atom. The highest BCUT2D eigenvalue weighted by Gasteiger charge is 2.25. The number of benzene rings is 1. The van der Waals surface area contributed by atoms with Gasteiger partial charge in [0.2, 0.25) is 0 Å². The van der Waals surface area contributed by atoms with Gasteiger partial charge in [-0.2, -0.15) is 5.10 Å². The maximum absolute atomic E-state index is 5.54. The second-order valence-electron chi connectivity index (χ2n) is 5.53. The largest absolute Gasteiger partial charge is 0.463 e. The van der Waals surface area contributed by atoms with Gasteiger partial charge in [-0.05, 0) is 44.0 Å². The van der Waals surface area contributed by atoms with Gasteiger partial charge in [0, 0.05) is 12.1 Å². The van der Waals surface area contributed by atoms with Crippen LogP contribution < -0.4 is 5.32 Å². The molecule has 1 aliphatic rings. The summed E-state index contributed by atoms with van der Waals surface area (Å²) in [6.45, 7) is 5.18. The van der Waals surface area contributed by atoms with Crippen molar-refractivity contribution in [1.29, 1.82) is 0 Å². The topological polar surface area (TPSA) is 43.0 Å². The van der Waals surface area contributed by atoms with Crippen LogP contribution in [0.4, 0.5) is 5.82 Å². The maximum atomic E-state index is 5.54. The second-order valence-corrected chi connectivity index (χ2v) is 5.53. The fourth-order valence-electron chi connectivity index (χ4n) is 3.00. The summed E-state index contributed by atoms with van der Waals surface area (Å²) in [6.07, 6.45) is 2.68. The molecule has 1 N–H and O–H groups in total. The summed E-state index contributed by atoms with van der Waals surface area (Å²) in [7, 11) is 0. The van der Waals surface area contributed by atoms with E-state index in [1.807, 2.05) is 16.8 Å². The monoisotopic (exact) mass is 279 g/mol. The van der Waals surface area contributed by atoms with E-state index >= 15 is 0 Å². The number of furan rings is 1. The number of aromatic nitrogens is 2. The fraction of sp³-hybridized carbons (Fsp3) is 0.235. The Kier molecular flexibility index (Phi) is 2.64. The highest BCUT2D eigenvalue weighted by atomic mass is 16.3. The molecule has 1 aromatic carbocycles. The molecule has 0 fully saturated rings. The predicted molar refractivity (Wildman–Crippen MR) is 82.9 cm³/mol. The van der Waals surface area contributed by atoms with E-state index in [-0.39, 0.29) is 0 Å². The van der Waals surface area contributed by atoms with Crippen molar-refractivity contribution in [1.82, 2.24) is 9.78 Å². The Morgan fingerprint density at radius 3 is 2.90 bits per heavy atom. The van der Waals surface area contributed by atoms with E-state index in [1.54, 1.807) is 6.26 Å². The van der Waals surface area contributed by atoms with Crippen LogP contribution in [0.2, 0.25) is 0 Å². The molecular weight excluding hydrogens is 262 g/mol. The van der Waals surface area contributed by atoms with Crippen molar-refractivity contribution < 1.29 is 4.42 Å². The molecule has 0 aliphatic carbocycles. The maximum Gasteiger partial charge on any atom is 0.154 e. The van der Waals surface area contributed by atoms with Crippen LogP contribution in [0.3, 0.4) is 0 Å². The predicted octanol–water partition coefficient (Wildman–Crippen LogP) is 3.72. The van der Waals surface area contributed by atoms with Crippen LogP contribution >= 0.6 is 0 Å². The highest BCUT2D eigenvalue weighted by molar-refractivity contribution is 5.70. The molecule has 106 valence electrons. The molecule has 4 nitrogen and oxygen atoms in total. The Morgan fingerprint density at radius 1 is 1.24 bits per heavy atom. The van der Waals surface area contributed by atoms with Crippen molar-refractivity contribution in [3.8, 4) is 17.1 Å². The molecule has 0 saturated heterocycles. The third-order valence-electron chi connectivity index (χ3n) is 3.99. The molecule has 2 aromatic heterocycles. The molecule has 0 radical (unpaired) electrons. The summed E-state index contributed by atoms with van der Waals surface area (Å²) in [5.41, 5.74) is 5.79. The fourth-order valence-corrected chi connectivity index (χ4v) is 3.00. The van der Waals surface area contributed by atoms with Gasteiger partial charge in [0.1, 0.15) is 11.5 Å². The average Bonchev–Trinajstić information content (AvgIpc) is 3.15. The number of hydrogen-bond donors (Lipinski definition) is 1. The van der Waals surface area contributed by atoms with Crippen LogP contribution in [0.1, 0.15) is 16.7 Å². The molecule has 0 bridgehead atoms. The molecule has 0 spiro atoms. The number of nitrogens with zero attached hydrogens (tertiary/aromatic N) is 2. The summed E-state index contributed by atoms with van der Waals surface area (Å²) in [6, 6.07) is 10.3. The van der Waals surface area contributed by atoms with Crippen LogP contribution in [0.25, 0.3) is 17.1 Å². The van der Waals surface area contributed by atoms with Gasteiger partial charge >= 0.3 is 0 Å². The van der Waals surface area contributed by atoms with Gasteiger partial charge in [0.05, 0.1) is 12.0 Å². The SMILES string of the molecule is Cc1ccc(-n2nc(-c3ccco3)c3c2NCC3)c(C)c1. The first kappa shape index (κ1) is 12.3. The minimum Gasteiger partial charge on any atom is -0.463 e. The lowest BCUT2D eigenvalue weighted by molar-refractivity contribution is 0.578. The standard InChI is InChI=1S/C17H17N3O/c1-11-5-6-14(12(2)10-11)20-17-13(7-8-18-17)16(19-20)15-4-3-9-21-15/h3-6,9-10,18H,7-8H2,1-2H3. The zero-order valence-corrected chi connectivity index (χ0v) is 12.2. The van der Waals surface area contributed by atoms with E-state index in [1.165, 1.54) is 16.7 Å². The Labute approximate surface area is 123 Å². The highest BCUT2D eigenvalue weighted by Crippen LogP contribution is 2.35. The quantitative estimate of drug-likeness (QED) is 0.777. The summed E-state index contributed by atoms with van der Waals surface area (Å²) < 4.78 is 7.55. The summed E-state index contributed by atoms with van der Waals surface area (Å²) in [4.78, 5) is 0. The van der Waals surface area contributed by atoms with Crippen molar-refractivity contribution >= 4 is 5.82 Å². The third-order valence-corrected chi connectivity index (χ3v) is 3.99. The van der Waals surface area contributed by atoms with Gasteiger partial charge in [-0.25, -0.2) is 4.68 Å². The number of nitrogens with one attached hydrogen (secondary N) is 1. The second kappa shape index (κ2) is 4.52. The molecule has 0 unspecified atom stereocenters. The lowest BCUT2D eigenvalue weighted by Crippen LogP contribution is -2.05. The lowest BCUT2D eigenvalue weighted by Gasteiger charge is -2.10. The Bertz CT molecular complexity index is 800. The summed E-state index contributed by atoms with van der Waals surface area (Å²) in [5.74, 6) is 1.92. The molecule has 0 amide bonds. The molecule has 1 aliphatic heterocycles. The first-order valence-electron chi connectivity index (χ1n) is 7.21. The van der Waals surface area contributed by atoms with Crippen LogP contribution in [0.5, 0.6) is 0 Å². The Hall–Kier alpha value is -2.49. The number of fused-ring (bicyclic) bond motifs is 1. The Balaban J connectivity index is 1.92. The average molecular weight is 279 g/mol. The molecule has 4 rings (SSSR count). The number of aryl methyl sites for hydroxylation is 2. The first-order chi connectivity index (χ1) is 10.2. The van der Waals surface area contributed by atoms with Crippen molar-refractivity contribution in [2.45, 2.75) is 20.3 Å². The van der Waals surface area contributed by atoms with Gasteiger partial charge < -0.3 is 9.73 Å². The molecule has 3 aromatic rings. The van der Waals surface area contributed by atoms with E-state index in [9.17, 15) is 0 Å². The van der Waals surface area contributed by atoms with E-state index in [0.717, 1.165) is 35.9 Å². The van der Waals surface area contributed by atoms with E-state index in [4.69, 9.17) is 9.52 Å². The molecule has 3 heterocycles. The van der Waals surface area contributed by atoms with E-state index in [0.29, 0.717) is 0 Å². The zero-order chi connectivity index (χ0) is 14.4. The normalized spacial score (nSPS) is 13.2. The van der Waals surface area contributed by atoms with Gasteiger partial charge in [-0.1, -0.05) is 17.7 Å². The molecule has 0 atom stereocenters.